The summed E-state index contributed by atoms with van der Waals surface area (Å²) in [7, 11) is 1.64. The van der Waals surface area contributed by atoms with Crippen molar-refractivity contribution in [2.24, 2.45) is 5.73 Å². The van der Waals surface area contributed by atoms with Crippen molar-refractivity contribution < 1.29 is 9.53 Å². The molecule has 1 aromatic carbocycles. The number of rotatable bonds is 8. The van der Waals surface area contributed by atoms with Gasteiger partial charge in [0.25, 0.3) is 0 Å². The first-order valence-corrected chi connectivity index (χ1v) is 6.56. The zero-order valence-electron chi connectivity index (χ0n) is 11.6. The van der Waals surface area contributed by atoms with E-state index in [0.29, 0.717) is 0 Å². The maximum Gasteiger partial charge on any atom is 0.241 e. The van der Waals surface area contributed by atoms with Crippen LogP contribution in [0.2, 0.25) is 0 Å². The zero-order chi connectivity index (χ0) is 14.1. The molecule has 0 atom stereocenters. The highest BCUT2D eigenvalue weighted by molar-refractivity contribution is 5.90. The number of unbranched alkanes of at least 4 members (excludes halogenated alkanes) is 2. The van der Waals surface area contributed by atoms with E-state index in [-0.39, 0.29) is 0 Å². The normalized spacial score (nSPS) is 10.6. The number of primary amides is 1. The molecule has 0 unspecified atom stereocenters. The van der Waals surface area contributed by atoms with Crippen molar-refractivity contribution in [1.29, 1.82) is 0 Å². The molecule has 0 fully saturated rings. The Kier molecular flexibility index (Phi) is 6.50. The topological polar surface area (TPSA) is 64.3 Å². The summed E-state index contributed by atoms with van der Waals surface area (Å²) in [6.07, 6.45) is 6.57. The van der Waals surface area contributed by atoms with Crippen molar-refractivity contribution in [3.63, 3.8) is 0 Å². The molecule has 0 saturated heterocycles. The summed E-state index contributed by atoms with van der Waals surface area (Å²) < 4.78 is 5.30. The number of nitrogens with one attached hydrogen (secondary N) is 1. The first kappa shape index (κ1) is 15.1. The molecular weight excluding hydrogens is 240 g/mol. The van der Waals surface area contributed by atoms with Gasteiger partial charge < -0.3 is 15.8 Å². The fourth-order valence-corrected chi connectivity index (χ4v) is 1.74. The van der Waals surface area contributed by atoms with Gasteiger partial charge in [0.2, 0.25) is 5.91 Å². The summed E-state index contributed by atoms with van der Waals surface area (Å²) in [6.45, 7) is 3.09. The Bertz CT molecular complexity index is 442. The maximum absolute atomic E-state index is 10.7. The van der Waals surface area contributed by atoms with E-state index >= 15 is 0 Å². The van der Waals surface area contributed by atoms with Crippen LogP contribution in [-0.2, 0) is 4.79 Å². The average Bonchev–Trinajstić information content (AvgIpc) is 2.41. The minimum absolute atomic E-state index is 0.451. The Morgan fingerprint density at radius 3 is 2.84 bits per heavy atom. The lowest BCUT2D eigenvalue weighted by Gasteiger charge is -2.11. The van der Waals surface area contributed by atoms with E-state index in [9.17, 15) is 4.79 Å². The van der Waals surface area contributed by atoms with Crippen LogP contribution in [-0.4, -0.2) is 19.6 Å². The van der Waals surface area contributed by atoms with Crippen LogP contribution in [0.25, 0.3) is 6.08 Å². The second kappa shape index (κ2) is 8.19. The van der Waals surface area contributed by atoms with Crippen LogP contribution >= 0.6 is 0 Å². The van der Waals surface area contributed by atoms with Gasteiger partial charge in [-0.2, -0.15) is 0 Å². The largest absolute Gasteiger partial charge is 0.495 e. The third-order valence-corrected chi connectivity index (χ3v) is 2.76. The van der Waals surface area contributed by atoms with E-state index in [0.717, 1.165) is 30.0 Å². The molecule has 19 heavy (non-hydrogen) atoms. The molecule has 0 bridgehead atoms. The van der Waals surface area contributed by atoms with Gasteiger partial charge in [-0.25, -0.2) is 0 Å². The molecule has 1 rings (SSSR count). The second-order valence-corrected chi connectivity index (χ2v) is 4.33. The maximum atomic E-state index is 10.7. The Morgan fingerprint density at radius 1 is 1.42 bits per heavy atom. The molecule has 3 N–H and O–H groups in total. The molecule has 0 radical (unpaired) electrons. The highest BCUT2D eigenvalue weighted by Gasteiger charge is 2.02. The molecule has 1 amide bonds. The number of nitrogens with two attached hydrogens (primary N) is 1. The number of hydrogen-bond donors (Lipinski definition) is 2. The van der Waals surface area contributed by atoms with Crippen molar-refractivity contribution in [3.05, 3.63) is 29.8 Å². The standard InChI is InChI=1S/C15H22N2O2/c1-3-4-5-10-17-13-11-12(7-9-15(16)18)6-8-14(13)19-2/h6-9,11,17H,3-5,10H2,1-2H3,(H2,16,18). The zero-order valence-corrected chi connectivity index (χ0v) is 11.6. The van der Waals surface area contributed by atoms with Gasteiger partial charge in [-0.3, -0.25) is 4.79 Å². The highest BCUT2D eigenvalue weighted by atomic mass is 16.5. The summed E-state index contributed by atoms with van der Waals surface area (Å²) in [5, 5.41) is 3.35. The van der Waals surface area contributed by atoms with E-state index in [1.807, 2.05) is 18.2 Å². The van der Waals surface area contributed by atoms with Gasteiger partial charge in [0.15, 0.2) is 0 Å². The number of carbonyl (C=O) groups is 1. The summed E-state index contributed by atoms with van der Waals surface area (Å²) in [4.78, 5) is 10.7. The van der Waals surface area contributed by atoms with Crippen molar-refractivity contribution >= 4 is 17.7 Å². The number of amides is 1. The summed E-state index contributed by atoms with van der Waals surface area (Å²) in [6, 6.07) is 5.71. The lowest BCUT2D eigenvalue weighted by atomic mass is 10.1. The number of methoxy groups -OCH3 is 1. The third-order valence-electron chi connectivity index (χ3n) is 2.76. The summed E-state index contributed by atoms with van der Waals surface area (Å²) in [5.74, 6) is 0.348. The van der Waals surface area contributed by atoms with Crippen LogP contribution in [0, 0.1) is 0 Å². The van der Waals surface area contributed by atoms with Crippen LogP contribution in [0.4, 0.5) is 5.69 Å². The molecule has 1 aromatic rings. The Labute approximate surface area is 114 Å². The van der Waals surface area contributed by atoms with E-state index in [1.165, 1.54) is 18.9 Å². The van der Waals surface area contributed by atoms with Crippen LogP contribution in [0.3, 0.4) is 0 Å². The van der Waals surface area contributed by atoms with E-state index in [1.54, 1.807) is 13.2 Å². The van der Waals surface area contributed by atoms with Crippen LogP contribution < -0.4 is 15.8 Å². The predicted molar refractivity (Wildman–Crippen MR) is 79.2 cm³/mol. The van der Waals surface area contributed by atoms with E-state index < -0.39 is 5.91 Å². The lowest BCUT2D eigenvalue weighted by molar-refractivity contribution is -0.113. The van der Waals surface area contributed by atoms with Crippen molar-refractivity contribution in [2.45, 2.75) is 26.2 Å². The first-order valence-electron chi connectivity index (χ1n) is 6.56. The molecular formula is C15H22N2O2. The monoisotopic (exact) mass is 262 g/mol. The van der Waals surface area contributed by atoms with Gasteiger partial charge in [-0.1, -0.05) is 25.8 Å². The smallest absolute Gasteiger partial charge is 0.241 e. The van der Waals surface area contributed by atoms with Gasteiger partial charge in [0.05, 0.1) is 12.8 Å². The van der Waals surface area contributed by atoms with Crippen LogP contribution in [0.5, 0.6) is 5.75 Å². The average molecular weight is 262 g/mol. The van der Waals surface area contributed by atoms with Gasteiger partial charge >= 0.3 is 0 Å². The molecule has 0 aliphatic carbocycles. The molecule has 0 spiro atoms. The van der Waals surface area contributed by atoms with Crippen molar-refractivity contribution in [1.82, 2.24) is 0 Å². The Balaban J connectivity index is 2.75. The fraction of sp³-hybridized carbons (Fsp3) is 0.400. The molecule has 0 heterocycles. The number of anilines is 1. The van der Waals surface area contributed by atoms with E-state index in [2.05, 4.69) is 12.2 Å². The number of carbonyl (C=O) groups excluding carboxylic acids is 1. The number of hydrogen-bond acceptors (Lipinski definition) is 3. The summed E-state index contributed by atoms with van der Waals surface area (Å²) in [5.41, 5.74) is 6.93. The highest BCUT2D eigenvalue weighted by Crippen LogP contribution is 2.26. The molecule has 0 aromatic heterocycles. The van der Waals surface area contributed by atoms with Crippen LogP contribution in [0.15, 0.2) is 24.3 Å². The molecule has 0 saturated carbocycles. The van der Waals surface area contributed by atoms with Gasteiger partial charge in [-0.15, -0.1) is 0 Å². The van der Waals surface area contributed by atoms with Gasteiger partial charge in [0.1, 0.15) is 5.75 Å². The van der Waals surface area contributed by atoms with Crippen LogP contribution in [0.1, 0.15) is 31.7 Å². The SMILES string of the molecule is CCCCCNc1cc(C=CC(N)=O)ccc1OC. The Morgan fingerprint density at radius 2 is 2.21 bits per heavy atom. The van der Waals surface area contributed by atoms with Gasteiger partial charge in [0, 0.05) is 12.6 Å². The second-order valence-electron chi connectivity index (χ2n) is 4.33. The van der Waals surface area contributed by atoms with Gasteiger partial charge in [-0.05, 0) is 30.2 Å². The molecule has 4 heteroatoms. The minimum Gasteiger partial charge on any atom is -0.495 e. The minimum atomic E-state index is -0.451. The Hall–Kier alpha value is -1.97. The predicted octanol–water partition coefficient (Wildman–Crippen LogP) is 2.80. The van der Waals surface area contributed by atoms with Crippen molar-refractivity contribution in [2.75, 3.05) is 19.0 Å². The van der Waals surface area contributed by atoms with E-state index in [4.69, 9.17) is 10.5 Å². The lowest BCUT2D eigenvalue weighted by Crippen LogP contribution is -2.05. The quantitative estimate of drug-likeness (QED) is 0.559. The number of ether oxygens (including phenoxy) is 1. The fourth-order valence-electron chi connectivity index (χ4n) is 1.74. The molecule has 4 nitrogen and oxygen atoms in total. The first-order chi connectivity index (χ1) is 9.17. The number of benzene rings is 1. The summed E-state index contributed by atoms with van der Waals surface area (Å²) >= 11 is 0. The third kappa shape index (κ3) is 5.46. The van der Waals surface area contributed by atoms with Crippen molar-refractivity contribution in [3.8, 4) is 5.75 Å². The molecule has 0 aliphatic rings. The molecule has 104 valence electrons. The molecule has 0 aliphatic heterocycles.